The molecular formula is C9H18N6. The Morgan fingerprint density at radius 1 is 1.60 bits per heavy atom. The summed E-state index contributed by atoms with van der Waals surface area (Å²) in [7, 11) is 3.91. The fourth-order valence-electron chi connectivity index (χ4n) is 2.10. The largest absolute Gasteiger partial charge is 0.342 e. The van der Waals surface area contributed by atoms with Crippen molar-refractivity contribution in [2.75, 3.05) is 31.6 Å². The third-order valence-electron chi connectivity index (χ3n) is 2.87. The lowest BCUT2D eigenvalue weighted by Gasteiger charge is -2.27. The predicted octanol–water partition coefficient (Wildman–Crippen LogP) is -0.354. The van der Waals surface area contributed by atoms with Gasteiger partial charge in [0.1, 0.15) is 0 Å². The van der Waals surface area contributed by atoms with Crippen LogP contribution < -0.4 is 10.2 Å². The summed E-state index contributed by atoms with van der Waals surface area (Å²) in [5, 5.41) is 14.9. The number of tetrazole rings is 1. The molecule has 1 aliphatic heterocycles. The fourth-order valence-corrected chi connectivity index (χ4v) is 2.10. The molecule has 0 aliphatic carbocycles. The summed E-state index contributed by atoms with van der Waals surface area (Å²) >= 11 is 0. The Labute approximate surface area is 89.6 Å². The van der Waals surface area contributed by atoms with Crippen molar-refractivity contribution in [2.24, 2.45) is 13.0 Å². The number of piperidine rings is 1. The third kappa shape index (κ3) is 2.44. The average Bonchev–Trinajstić information content (AvgIpc) is 2.66. The van der Waals surface area contributed by atoms with E-state index in [4.69, 9.17) is 0 Å². The number of anilines is 1. The van der Waals surface area contributed by atoms with Crippen molar-refractivity contribution < 1.29 is 0 Å². The molecular weight excluding hydrogens is 192 g/mol. The van der Waals surface area contributed by atoms with E-state index >= 15 is 0 Å². The second-order valence-electron chi connectivity index (χ2n) is 4.20. The molecule has 1 aliphatic rings. The van der Waals surface area contributed by atoms with Gasteiger partial charge in [0.05, 0.1) is 0 Å². The first kappa shape index (κ1) is 10.4. The van der Waals surface area contributed by atoms with Crippen molar-refractivity contribution in [3.05, 3.63) is 0 Å². The molecule has 84 valence electrons. The van der Waals surface area contributed by atoms with Crippen molar-refractivity contribution in [1.29, 1.82) is 0 Å². The minimum atomic E-state index is 0.709. The molecule has 1 atom stereocenters. The van der Waals surface area contributed by atoms with Crippen molar-refractivity contribution in [3.63, 3.8) is 0 Å². The van der Waals surface area contributed by atoms with Gasteiger partial charge in [0.15, 0.2) is 0 Å². The second-order valence-corrected chi connectivity index (χ2v) is 4.20. The molecule has 6 nitrogen and oxygen atoms in total. The van der Waals surface area contributed by atoms with E-state index in [1.165, 1.54) is 12.8 Å². The van der Waals surface area contributed by atoms with E-state index in [-0.39, 0.29) is 0 Å². The normalized spacial score (nSPS) is 21.6. The minimum absolute atomic E-state index is 0.709. The first-order valence-electron chi connectivity index (χ1n) is 5.41. The highest BCUT2D eigenvalue weighted by molar-refractivity contribution is 5.25. The van der Waals surface area contributed by atoms with Gasteiger partial charge in [-0.2, -0.15) is 0 Å². The summed E-state index contributed by atoms with van der Waals surface area (Å²) < 4.78 is 1.70. The third-order valence-corrected chi connectivity index (χ3v) is 2.87. The van der Waals surface area contributed by atoms with Crippen LogP contribution in [-0.4, -0.2) is 46.9 Å². The minimum Gasteiger partial charge on any atom is -0.342 e. The summed E-state index contributed by atoms with van der Waals surface area (Å²) in [6, 6.07) is 0. The predicted molar refractivity (Wildman–Crippen MR) is 57.7 cm³/mol. The van der Waals surface area contributed by atoms with Crippen LogP contribution in [0.2, 0.25) is 0 Å². The number of rotatable bonds is 3. The van der Waals surface area contributed by atoms with E-state index in [1.807, 2.05) is 14.1 Å². The van der Waals surface area contributed by atoms with Gasteiger partial charge in [-0.3, -0.25) is 0 Å². The molecule has 0 amide bonds. The van der Waals surface area contributed by atoms with Crippen molar-refractivity contribution in [1.82, 2.24) is 25.5 Å². The van der Waals surface area contributed by atoms with E-state index in [9.17, 15) is 0 Å². The molecule has 0 saturated carbocycles. The monoisotopic (exact) mass is 210 g/mol. The molecule has 1 saturated heterocycles. The topological polar surface area (TPSA) is 58.9 Å². The zero-order chi connectivity index (χ0) is 10.7. The maximum atomic E-state index is 3.99. The highest BCUT2D eigenvalue weighted by Gasteiger charge is 2.17. The molecule has 0 radical (unpaired) electrons. The average molecular weight is 210 g/mol. The SMILES string of the molecule is CN(CC1CCCNC1)c1nnnn1C. The van der Waals surface area contributed by atoms with Gasteiger partial charge in [0.25, 0.3) is 0 Å². The molecule has 15 heavy (non-hydrogen) atoms. The van der Waals surface area contributed by atoms with Gasteiger partial charge in [-0.05, 0) is 42.3 Å². The van der Waals surface area contributed by atoms with Crippen LogP contribution >= 0.6 is 0 Å². The summed E-state index contributed by atoms with van der Waals surface area (Å²) in [6.07, 6.45) is 2.57. The van der Waals surface area contributed by atoms with E-state index in [1.54, 1.807) is 4.68 Å². The van der Waals surface area contributed by atoms with Crippen molar-refractivity contribution in [3.8, 4) is 0 Å². The number of aromatic nitrogens is 4. The summed E-state index contributed by atoms with van der Waals surface area (Å²) in [6.45, 7) is 3.28. The van der Waals surface area contributed by atoms with Crippen LogP contribution in [0, 0.1) is 5.92 Å². The highest BCUT2D eigenvalue weighted by Crippen LogP contribution is 2.13. The van der Waals surface area contributed by atoms with E-state index in [0.29, 0.717) is 5.92 Å². The molecule has 1 aromatic rings. The Hall–Kier alpha value is -1.17. The molecule has 1 N–H and O–H groups in total. The molecule has 0 spiro atoms. The number of aryl methyl sites for hydroxylation is 1. The summed E-state index contributed by atoms with van der Waals surface area (Å²) in [4.78, 5) is 2.12. The van der Waals surface area contributed by atoms with Crippen LogP contribution in [-0.2, 0) is 7.05 Å². The molecule has 6 heteroatoms. The molecule has 1 aromatic heterocycles. The van der Waals surface area contributed by atoms with Crippen LogP contribution in [0.5, 0.6) is 0 Å². The van der Waals surface area contributed by atoms with Crippen LogP contribution in [0.3, 0.4) is 0 Å². The second kappa shape index (κ2) is 4.57. The summed E-state index contributed by atoms with van der Waals surface area (Å²) in [5.74, 6) is 1.54. The van der Waals surface area contributed by atoms with Crippen LogP contribution in [0.4, 0.5) is 5.95 Å². The van der Waals surface area contributed by atoms with Gasteiger partial charge in [-0.15, -0.1) is 0 Å². The van der Waals surface area contributed by atoms with E-state index in [2.05, 4.69) is 25.7 Å². The molecule has 1 unspecified atom stereocenters. The van der Waals surface area contributed by atoms with Gasteiger partial charge in [-0.25, -0.2) is 4.68 Å². The Bertz CT molecular complexity index is 303. The molecule has 0 aromatic carbocycles. The Kier molecular flexibility index (Phi) is 3.15. The highest BCUT2D eigenvalue weighted by atomic mass is 15.6. The Morgan fingerprint density at radius 3 is 3.07 bits per heavy atom. The van der Waals surface area contributed by atoms with Gasteiger partial charge in [-0.1, -0.05) is 5.10 Å². The van der Waals surface area contributed by atoms with Crippen LogP contribution in [0.15, 0.2) is 0 Å². The van der Waals surface area contributed by atoms with E-state index in [0.717, 1.165) is 25.6 Å². The zero-order valence-electron chi connectivity index (χ0n) is 9.35. The smallest absolute Gasteiger partial charge is 0.245 e. The lowest BCUT2D eigenvalue weighted by Crippen LogP contribution is -2.37. The number of hydrogen-bond acceptors (Lipinski definition) is 5. The quantitative estimate of drug-likeness (QED) is 0.738. The van der Waals surface area contributed by atoms with Gasteiger partial charge < -0.3 is 10.2 Å². The number of nitrogens with one attached hydrogen (secondary N) is 1. The van der Waals surface area contributed by atoms with E-state index < -0.39 is 0 Å². The Morgan fingerprint density at radius 2 is 2.47 bits per heavy atom. The Balaban J connectivity index is 1.91. The zero-order valence-corrected chi connectivity index (χ0v) is 9.35. The number of nitrogens with zero attached hydrogens (tertiary/aromatic N) is 5. The molecule has 2 rings (SSSR count). The molecule has 2 heterocycles. The van der Waals surface area contributed by atoms with Crippen LogP contribution in [0.1, 0.15) is 12.8 Å². The number of hydrogen-bond donors (Lipinski definition) is 1. The van der Waals surface area contributed by atoms with Gasteiger partial charge in [0, 0.05) is 20.6 Å². The molecule has 0 bridgehead atoms. The lowest BCUT2D eigenvalue weighted by atomic mass is 9.99. The first-order chi connectivity index (χ1) is 7.27. The fraction of sp³-hybridized carbons (Fsp3) is 0.889. The van der Waals surface area contributed by atoms with Crippen molar-refractivity contribution >= 4 is 5.95 Å². The first-order valence-corrected chi connectivity index (χ1v) is 5.41. The summed E-state index contributed by atoms with van der Waals surface area (Å²) in [5.41, 5.74) is 0. The van der Waals surface area contributed by atoms with Gasteiger partial charge in [0.2, 0.25) is 5.95 Å². The standard InChI is InChI=1S/C9H18N6/c1-14(9-11-12-13-15(9)2)7-8-4-3-5-10-6-8/h8,10H,3-7H2,1-2H3. The molecule has 1 fully saturated rings. The maximum Gasteiger partial charge on any atom is 0.245 e. The van der Waals surface area contributed by atoms with Crippen molar-refractivity contribution in [2.45, 2.75) is 12.8 Å². The lowest BCUT2D eigenvalue weighted by molar-refractivity contribution is 0.379. The maximum absolute atomic E-state index is 3.99. The van der Waals surface area contributed by atoms with Crippen LogP contribution in [0.25, 0.3) is 0 Å². The van der Waals surface area contributed by atoms with Gasteiger partial charge >= 0.3 is 0 Å².